The molecule has 0 heterocycles. The van der Waals surface area contributed by atoms with E-state index in [4.69, 9.17) is 0 Å². The maximum Gasteiger partial charge on any atom is 0.198 e. The maximum absolute atomic E-state index is 3.48. The SMILES string of the molecule is CCCC#CC[SiH](Br)Br. The Balaban J connectivity index is 3.16. The van der Waals surface area contributed by atoms with Crippen LogP contribution in [0.1, 0.15) is 19.8 Å². The van der Waals surface area contributed by atoms with Crippen molar-refractivity contribution in [3.63, 3.8) is 0 Å². The van der Waals surface area contributed by atoms with Gasteiger partial charge >= 0.3 is 0 Å². The summed E-state index contributed by atoms with van der Waals surface area (Å²) in [6.07, 6.45) is 2.21. The lowest BCUT2D eigenvalue weighted by Crippen LogP contribution is -1.84. The lowest BCUT2D eigenvalue weighted by atomic mass is 10.3. The summed E-state index contributed by atoms with van der Waals surface area (Å²) in [5, 5.41) is 0. The lowest BCUT2D eigenvalue weighted by Gasteiger charge is -1.85. The zero-order chi connectivity index (χ0) is 7.11. The molecule has 0 spiro atoms. The molecule has 0 aliphatic rings. The molecule has 9 heavy (non-hydrogen) atoms. The van der Waals surface area contributed by atoms with Crippen molar-refractivity contribution < 1.29 is 0 Å². The Morgan fingerprint density at radius 2 is 2.00 bits per heavy atom. The zero-order valence-corrected chi connectivity index (χ0v) is 9.78. The molecule has 52 valence electrons. The third kappa shape index (κ3) is 8.74. The fourth-order valence-electron chi connectivity index (χ4n) is 0.363. The fraction of sp³-hybridized carbons (Fsp3) is 0.667. The highest BCUT2D eigenvalue weighted by Crippen LogP contribution is 2.06. The van der Waals surface area contributed by atoms with E-state index in [9.17, 15) is 0 Å². The summed E-state index contributed by atoms with van der Waals surface area (Å²) in [5.41, 5.74) is 0. The topological polar surface area (TPSA) is 0 Å². The third-order valence-electron chi connectivity index (χ3n) is 0.756. The number of hydrogen-bond donors (Lipinski definition) is 0. The molecular weight excluding hydrogens is 260 g/mol. The van der Waals surface area contributed by atoms with Crippen molar-refractivity contribution in [3.05, 3.63) is 0 Å². The molecule has 0 aliphatic carbocycles. The predicted molar refractivity (Wildman–Crippen MR) is 52.5 cm³/mol. The standard InChI is InChI=1S/C6H10Br2Si/c1-2-3-4-5-6-9(7)8/h9H,2-3,6H2,1H3. The van der Waals surface area contributed by atoms with Crippen molar-refractivity contribution in [2.75, 3.05) is 0 Å². The van der Waals surface area contributed by atoms with Crippen LogP contribution in [0.2, 0.25) is 6.04 Å². The number of unbranched alkanes of at least 4 members (excludes halogenated alkanes) is 1. The van der Waals surface area contributed by atoms with E-state index in [0.29, 0.717) is 0 Å². The summed E-state index contributed by atoms with van der Waals surface area (Å²) in [6.45, 7) is 2.14. The minimum atomic E-state index is -0.762. The Morgan fingerprint density at radius 1 is 1.33 bits per heavy atom. The number of hydrogen-bond acceptors (Lipinski definition) is 0. The molecule has 3 heteroatoms. The van der Waals surface area contributed by atoms with E-state index < -0.39 is 6.04 Å². The second kappa shape index (κ2) is 6.85. The van der Waals surface area contributed by atoms with E-state index in [1.165, 1.54) is 6.42 Å². The van der Waals surface area contributed by atoms with Crippen molar-refractivity contribution in [2.24, 2.45) is 0 Å². The van der Waals surface area contributed by atoms with Crippen molar-refractivity contribution >= 4 is 36.6 Å². The average Bonchev–Trinajstić information content (AvgIpc) is 1.80. The first-order valence-corrected chi connectivity index (χ1v) is 10.2. The van der Waals surface area contributed by atoms with Crippen LogP contribution in [0.3, 0.4) is 0 Å². The molecule has 0 amide bonds. The summed E-state index contributed by atoms with van der Waals surface area (Å²) in [7, 11) is 0. The van der Waals surface area contributed by atoms with Gasteiger partial charge in [-0.1, -0.05) is 6.92 Å². The van der Waals surface area contributed by atoms with Crippen LogP contribution in [0.25, 0.3) is 0 Å². The Bertz CT molecular complexity index is 112. The quantitative estimate of drug-likeness (QED) is 0.411. The molecule has 0 radical (unpaired) electrons. The molecule has 0 bridgehead atoms. The van der Waals surface area contributed by atoms with Gasteiger partial charge in [-0.15, -0.1) is 42.4 Å². The Kier molecular flexibility index (Phi) is 7.41. The molecule has 0 unspecified atom stereocenters. The molecule has 0 aliphatic heterocycles. The van der Waals surface area contributed by atoms with Gasteiger partial charge in [0.15, 0.2) is 6.04 Å². The maximum atomic E-state index is 3.48. The minimum absolute atomic E-state index is 0.762. The highest BCUT2D eigenvalue weighted by atomic mass is 79.9. The molecule has 0 rings (SSSR count). The van der Waals surface area contributed by atoms with Crippen molar-refractivity contribution in [1.29, 1.82) is 0 Å². The van der Waals surface area contributed by atoms with Crippen LogP contribution in [0.15, 0.2) is 0 Å². The number of halogens is 2. The van der Waals surface area contributed by atoms with E-state index in [0.717, 1.165) is 12.5 Å². The van der Waals surface area contributed by atoms with Crippen molar-refractivity contribution in [3.8, 4) is 11.8 Å². The molecule has 0 aromatic heterocycles. The molecule has 0 fully saturated rings. The molecule has 0 N–H and O–H groups in total. The van der Waals surface area contributed by atoms with Crippen LogP contribution in [0.5, 0.6) is 0 Å². The lowest BCUT2D eigenvalue weighted by molar-refractivity contribution is 0.983. The molecule has 0 saturated heterocycles. The summed E-state index contributed by atoms with van der Waals surface area (Å²) in [5.74, 6) is 6.19. The highest BCUT2D eigenvalue weighted by Gasteiger charge is 1.93. The summed E-state index contributed by atoms with van der Waals surface area (Å²) < 4.78 is 0. The van der Waals surface area contributed by atoms with Crippen LogP contribution < -0.4 is 0 Å². The van der Waals surface area contributed by atoms with Crippen LogP contribution in [-0.4, -0.2) is 6.04 Å². The summed E-state index contributed by atoms with van der Waals surface area (Å²) in [4.78, 5) is 0. The Labute approximate surface area is 74.2 Å². The summed E-state index contributed by atoms with van der Waals surface area (Å²) >= 11 is 6.96. The second-order valence-corrected chi connectivity index (χ2v) is 13.2. The van der Waals surface area contributed by atoms with E-state index in [2.05, 4.69) is 49.3 Å². The van der Waals surface area contributed by atoms with Gasteiger partial charge in [-0.05, 0) is 6.42 Å². The smallest absolute Gasteiger partial charge is 0.115 e. The summed E-state index contributed by atoms with van der Waals surface area (Å²) in [6, 6.07) is 0.266. The third-order valence-corrected chi connectivity index (χ3v) is 3.21. The van der Waals surface area contributed by atoms with E-state index in [1.54, 1.807) is 0 Å². The van der Waals surface area contributed by atoms with E-state index in [-0.39, 0.29) is 0 Å². The zero-order valence-electron chi connectivity index (χ0n) is 5.45. The van der Waals surface area contributed by atoms with E-state index in [1.807, 2.05) is 0 Å². The minimum Gasteiger partial charge on any atom is -0.115 e. The second-order valence-electron chi connectivity index (χ2n) is 1.70. The molecule has 0 nitrogen and oxygen atoms in total. The van der Waals surface area contributed by atoms with Gasteiger partial charge in [0.1, 0.15) is 0 Å². The van der Waals surface area contributed by atoms with Gasteiger partial charge in [-0.3, -0.25) is 0 Å². The van der Waals surface area contributed by atoms with E-state index >= 15 is 0 Å². The van der Waals surface area contributed by atoms with Crippen molar-refractivity contribution in [2.45, 2.75) is 25.8 Å². The predicted octanol–water partition coefficient (Wildman–Crippen LogP) is 2.80. The monoisotopic (exact) mass is 268 g/mol. The van der Waals surface area contributed by atoms with Crippen LogP contribution >= 0.6 is 30.6 Å². The Hall–Kier alpha value is 0.737. The van der Waals surface area contributed by atoms with Gasteiger partial charge < -0.3 is 0 Å². The number of rotatable bonds is 2. The first-order valence-electron chi connectivity index (χ1n) is 3.01. The van der Waals surface area contributed by atoms with Gasteiger partial charge in [0.25, 0.3) is 0 Å². The van der Waals surface area contributed by atoms with Gasteiger partial charge in [-0.25, -0.2) is 0 Å². The van der Waals surface area contributed by atoms with Crippen LogP contribution in [0, 0.1) is 11.8 Å². The normalized spacial score (nSPS) is 8.89. The molecule has 0 atom stereocenters. The first-order chi connectivity index (χ1) is 4.27. The first kappa shape index (κ1) is 9.74. The van der Waals surface area contributed by atoms with Gasteiger partial charge in [0.2, 0.25) is 0 Å². The fourth-order valence-corrected chi connectivity index (χ4v) is 1.63. The van der Waals surface area contributed by atoms with Gasteiger partial charge in [0.05, 0.1) is 0 Å². The van der Waals surface area contributed by atoms with Crippen LogP contribution in [0.4, 0.5) is 0 Å². The molecule has 0 saturated carbocycles. The molecular formula is C6H10Br2Si. The van der Waals surface area contributed by atoms with Gasteiger partial charge in [-0.2, -0.15) is 0 Å². The average molecular weight is 270 g/mol. The molecule has 0 aromatic rings. The largest absolute Gasteiger partial charge is 0.198 e. The van der Waals surface area contributed by atoms with Crippen molar-refractivity contribution in [1.82, 2.24) is 0 Å². The van der Waals surface area contributed by atoms with Gasteiger partial charge in [0, 0.05) is 12.5 Å². The molecule has 0 aromatic carbocycles. The van der Waals surface area contributed by atoms with Crippen LogP contribution in [-0.2, 0) is 0 Å². The highest BCUT2D eigenvalue weighted by molar-refractivity contribution is 9.49. The Morgan fingerprint density at radius 3 is 2.44 bits per heavy atom.